The van der Waals surface area contributed by atoms with Gasteiger partial charge in [-0.15, -0.1) is 0 Å². The molecule has 6 unspecified atom stereocenters. The molecule has 2 aliphatic heterocycles. The van der Waals surface area contributed by atoms with Crippen molar-refractivity contribution in [1.29, 1.82) is 0 Å². The standard InChI is InChI=1S/C15H18O6.CH3I/c1-8-12(19-9(2)16)11(17)13-15(18-8)21-14(20-13)10-6-4-3-5-7-10;1-2/h3-8,11-15,17H,1-2H3;1H3. The highest BCUT2D eigenvalue weighted by atomic mass is 127. The number of halogens is 1. The molecule has 0 amide bonds. The molecule has 0 bridgehead atoms. The van der Waals surface area contributed by atoms with Crippen molar-refractivity contribution in [3.63, 3.8) is 0 Å². The van der Waals surface area contributed by atoms with Crippen molar-refractivity contribution in [3.8, 4) is 0 Å². The zero-order valence-corrected chi connectivity index (χ0v) is 15.4. The number of carbonyl (C=O) groups excluding carboxylic acids is 1. The minimum Gasteiger partial charge on any atom is -0.457 e. The van der Waals surface area contributed by atoms with E-state index >= 15 is 0 Å². The van der Waals surface area contributed by atoms with Crippen molar-refractivity contribution in [2.24, 2.45) is 0 Å². The number of aliphatic hydroxyl groups excluding tert-OH is 1. The van der Waals surface area contributed by atoms with Crippen LogP contribution in [0.3, 0.4) is 0 Å². The van der Waals surface area contributed by atoms with Gasteiger partial charge in [-0.25, -0.2) is 0 Å². The molecule has 0 aliphatic carbocycles. The van der Waals surface area contributed by atoms with Crippen LogP contribution in [-0.4, -0.2) is 46.7 Å². The third-order valence-corrected chi connectivity index (χ3v) is 3.67. The summed E-state index contributed by atoms with van der Waals surface area (Å²) < 4.78 is 22.2. The lowest BCUT2D eigenvalue weighted by molar-refractivity contribution is -0.248. The Morgan fingerprint density at radius 2 is 1.83 bits per heavy atom. The van der Waals surface area contributed by atoms with Gasteiger partial charge in [-0.05, 0) is 11.9 Å². The van der Waals surface area contributed by atoms with Crippen molar-refractivity contribution < 1.29 is 28.8 Å². The second-order valence-electron chi connectivity index (χ2n) is 5.25. The molecule has 0 radical (unpaired) electrons. The number of benzene rings is 1. The molecule has 2 fully saturated rings. The molecule has 7 heteroatoms. The van der Waals surface area contributed by atoms with Gasteiger partial charge in [0.05, 0.1) is 6.10 Å². The molecular weight excluding hydrogens is 415 g/mol. The number of esters is 1. The lowest BCUT2D eigenvalue weighted by Crippen LogP contribution is -2.56. The predicted molar refractivity (Wildman–Crippen MR) is 91.0 cm³/mol. The van der Waals surface area contributed by atoms with Crippen LogP contribution in [0.25, 0.3) is 0 Å². The lowest BCUT2D eigenvalue weighted by atomic mass is 10.00. The second kappa shape index (κ2) is 8.39. The van der Waals surface area contributed by atoms with E-state index in [2.05, 4.69) is 22.6 Å². The van der Waals surface area contributed by atoms with Gasteiger partial charge in [-0.2, -0.15) is 0 Å². The van der Waals surface area contributed by atoms with Crippen molar-refractivity contribution in [2.45, 2.75) is 50.8 Å². The van der Waals surface area contributed by atoms with E-state index in [1.807, 2.05) is 35.3 Å². The summed E-state index contributed by atoms with van der Waals surface area (Å²) in [5.74, 6) is -0.466. The fourth-order valence-corrected chi connectivity index (χ4v) is 2.67. The van der Waals surface area contributed by atoms with Gasteiger partial charge >= 0.3 is 5.97 Å². The first-order valence-electron chi connectivity index (χ1n) is 7.30. The summed E-state index contributed by atoms with van der Waals surface area (Å²) in [6, 6.07) is 9.41. The molecule has 128 valence electrons. The second-order valence-corrected chi connectivity index (χ2v) is 5.25. The summed E-state index contributed by atoms with van der Waals surface area (Å²) >= 11 is 2.15. The zero-order chi connectivity index (χ0) is 17.0. The summed E-state index contributed by atoms with van der Waals surface area (Å²) in [4.78, 5) is 13.1. The first kappa shape index (κ1) is 18.6. The fourth-order valence-electron chi connectivity index (χ4n) is 2.67. The molecule has 2 heterocycles. The Morgan fingerprint density at radius 3 is 2.43 bits per heavy atom. The van der Waals surface area contributed by atoms with Gasteiger partial charge < -0.3 is 24.1 Å². The Kier molecular flexibility index (Phi) is 6.78. The number of fused-ring (bicyclic) bond motifs is 1. The van der Waals surface area contributed by atoms with Crippen LogP contribution in [-0.2, 0) is 23.7 Å². The monoisotopic (exact) mass is 436 g/mol. The quantitative estimate of drug-likeness (QED) is 0.436. The van der Waals surface area contributed by atoms with E-state index in [-0.39, 0.29) is 0 Å². The minimum atomic E-state index is -0.989. The molecule has 2 aliphatic rings. The van der Waals surface area contributed by atoms with E-state index < -0.39 is 43.0 Å². The Bertz CT molecular complexity index is 511. The number of carbonyl (C=O) groups is 1. The predicted octanol–water partition coefficient (Wildman–Crippen LogP) is 2.19. The summed E-state index contributed by atoms with van der Waals surface area (Å²) in [6.45, 7) is 3.02. The lowest BCUT2D eigenvalue weighted by Gasteiger charge is -2.38. The molecule has 1 N–H and O–H groups in total. The molecule has 6 atom stereocenters. The molecule has 1 aromatic carbocycles. The highest BCUT2D eigenvalue weighted by Crippen LogP contribution is 2.38. The number of aliphatic hydroxyl groups is 1. The van der Waals surface area contributed by atoms with Gasteiger partial charge in [0.1, 0.15) is 12.2 Å². The van der Waals surface area contributed by atoms with E-state index in [1.54, 1.807) is 6.92 Å². The van der Waals surface area contributed by atoms with Crippen LogP contribution in [0.1, 0.15) is 25.7 Å². The average molecular weight is 436 g/mol. The Labute approximate surface area is 149 Å². The Hall–Kier alpha value is -0.740. The van der Waals surface area contributed by atoms with Crippen molar-refractivity contribution in [3.05, 3.63) is 35.9 Å². The number of hydrogen-bond acceptors (Lipinski definition) is 6. The zero-order valence-electron chi connectivity index (χ0n) is 13.2. The largest absolute Gasteiger partial charge is 0.457 e. The van der Waals surface area contributed by atoms with Gasteiger partial charge in [0.2, 0.25) is 0 Å². The summed E-state index contributed by atoms with van der Waals surface area (Å²) in [5.41, 5.74) is 0.847. The van der Waals surface area contributed by atoms with Crippen LogP contribution in [0.5, 0.6) is 0 Å². The molecule has 0 spiro atoms. The van der Waals surface area contributed by atoms with Gasteiger partial charge in [0, 0.05) is 12.5 Å². The molecule has 23 heavy (non-hydrogen) atoms. The maximum Gasteiger partial charge on any atom is 0.303 e. The van der Waals surface area contributed by atoms with Gasteiger partial charge in [0.15, 0.2) is 18.7 Å². The average Bonchev–Trinajstić information content (AvgIpc) is 2.98. The molecule has 6 nitrogen and oxygen atoms in total. The topological polar surface area (TPSA) is 74.2 Å². The summed E-state index contributed by atoms with van der Waals surface area (Å²) in [6.07, 6.45) is -4.18. The molecule has 0 aromatic heterocycles. The molecule has 3 rings (SSSR count). The number of rotatable bonds is 2. The molecular formula is C16H21IO6. The summed E-state index contributed by atoms with van der Waals surface area (Å²) in [5, 5.41) is 10.4. The van der Waals surface area contributed by atoms with E-state index in [0.717, 1.165) is 5.56 Å². The van der Waals surface area contributed by atoms with Crippen molar-refractivity contribution in [2.75, 3.05) is 4.93 Å². The number of alkyl halides is 1. The van der Waals surface area contributed by atoms with E-state index in [9.17, 15) is 9.90 Å². The van der Waals surface area contributed by atoms with E-state index in [1.165, 1.54) is 6.92 Å². The highest BCUT2D eigenvalue weighted by Gasteiger charge is 2.52. The van der Waals surface area contributed by atoms with Gasteiger partial charge in [-0.1, -0.05) is 52.9 Å². The fraction of sp³-hybridized carbons (Fsp3) is 0.562. The van der Waals surface area contributed by atoms with Crippen LogP contribution >= 0.6 is 22.6 Å². The van der Waals surface area contributed by atoms with Crippen molar-refractivity contribution >= 4 is 28.6 Å². The van der Waals surface area contributed by atoms with Crippen molar-refractivity contribution in [1.82, 2.24) is 0 Å². The Morgan fingerprint density at radius 1 is 1.17 bits per heavy atom. The van der Waals surface area contributed by atoms with Gasteiger partial charge in [-0.3, -0.25) is 4.79 Å². The molecule has 2 saturated heterocycles. The third-order valence-electron chi connectivity index (χ3n) is 3.67. The third kappa shape index (κ3) is 4.21. The minimum absolute atomic E-state index is 0.466. The smallest absolute Gasteiger partial charge is 0.303 e. The van der Waals surface area contributed by atoms with Crippen LogP contribution in [0.15, 0.2) is 30.3 Å². The van der Waals surface area contributed by atoms with Crippen LogP contribution < -0.4 is 0 Å². The maximum absolute atomic E-state index is 11.1. The first-order valence-corrected chi connectivity index (χ1v) is 9.46. The molecule has 0 saturated carbocycles. The maximum atomic E-state index is 11.1. The SMILES string of the molecule is CC(=O)OC1C(C)OC2OC(c3ccccc3)OC2C1O.CI. The highest BCUT2D eigenvalue weighted by molar-refractivity contribution is 14.1. The normalized spacial score (nSPS) is 35.7. The van der Waals surface area contributed by atoms with E-state index in [4.69, 9.17) is 18.9 Å². The van der Waals surface area contributed by atoms with E-state index in [0.29, 0.717) is 0 Å². The van der Waals surface area contributed by atoms with Crippen LogP contribution in [0.4, 0.5) is 0 Å². The first-order chi connectivity index (χ1) is 11.1. The molecule has 1 aromatic rings. The summed E-state index contributed by atoms with van der Waals surface area (Å²) in [7, 11) is 0. The Balaban J connectivity index is 0.000000924. The number of ether oxygens (including phenoxy) is 4. The van der Waals surface area contributed by atoms with Crippen LogP contribution in [0, 0.1) is 0 Å². The van der Waals surface area contributed by atoms with Gasteiger partial charge in [0.25, 0.3) is 0 Å². The van der Waals surface area contributed by atoms with Crippen LogP contribution in [0.2, 0.25) is 0 Å². The number of hydrogen-bond donors (Lipinski definition) is 1.